The molecule has 2 aromatic rings. The fourth-order valence-corrected chi connectivity index (χ4v) is 2.07. The van der Waals surface area contributed by atoms with Crippen LogP contribution in [0.15, 0.2) is 36.7 Å². The van der Waals surface area contributed by atoms with Gasteiger partial charge < -0.3 is 4.74 Å². The van der Waals surface area contributed by atoms with Crippen LogP contribution in [0.3, 0.4) is 0 Å². The number of rotatable bonds is 4. The smallest absolute Gasteiger partial charge is 0.423 e. The standard InChI is InChI=1S/C11H7ClF3N3O3S/c12-8-6-7(18-22(19,20)11(13,14)15)2-3-9(8)21-10-16-4-1-5-17-10/h1-6,18H. The van der Waals surface area contributed by atoms with Crippen LogP contribution in [0.25, 0.3) is 0 Å². The average Bonchev–Trinajstić information content (AvgIpc) is 2.41. The predicted octanol–water partition coefficient (Wildman–Crippen LogP) is 3.18. The van der Waals surface area contributed by atoms with Crippen molar-refractivity contribution in [3.8, 4) is 11.8 Å². The molecule has 0 amide bonds. The Balaban J connectivity index is 2.20. The van der Waals surface area contributed by atoms with Crippen molar-refractivity contribution < 1.29 is 26.3 Å². The molecule has 0 saturated heterocycles. The van der Waals surface area contributed by atoms with E-state index >= 15 is 0 Å². The fourth-order valence-electron chi connectivity index (χ4n) is 1.30. The molecule has 1 heterocycles. The van der Waals surface area contributed by atoms with Crippen LogP contribution in [-0.2, 0) is 10.0 Å². The Morgan fingerprint density at radius 1 is 1.18 bits per heavy atom. The van der Waals surface area contributed by atoms with Gasteiger partial charge in [-0.3, -0.25) is 4.72 Å². The number of nitrogens with one attached hydrogen (secondary N) is 1. The molecule has 0 aliphatic heterocycles. The summed E-state index contributed by atoms with van der Waals surface area (Å²) in [5, 5.41) is -0.116. The number of halogens is 4. The summed E-state index contributed by atoms with van der Waals surface area (Å²) in [6.07, 6.45) is 2.84. The summed E-state index contributed by atoms with van der Waals surface area (Å²) >= 11 is 5.83. The zero-order chi connectivity index (χ0) is 16.4. The van der Waals surface area contributed by atoms with Crippen molar-refractivity contribution in [3.63, 3.8) is 0 Å². The van der Waals surface area contributed by atoms with E-state index in [0.717, 1.165) is 12.1 Å². The van der Waals surface area contributed by atoms with Crippen LogP contribution in [0, 0.1) is 0 Å². The Labute approximate surface area is 128 Å². The van der Waals surface area contributed by atoms with Crippen LogP contribution >= 0.6 is 11.6 Å². The maximum Gasteiger partial charge on any atom is 0.516 e. The lowest BCUT2D eigenvalue weighted by Crippen LogP contribution is -2.29. The molecule has 0 bridgehead atoms. The molecule has 0 saturated carbocycles. The van der Waals surface area contributed by atoms with Crippen LogP contribution in [-0.4, -0.2) is 23.9 Å². The average molecular weight is 354 g/mol. The molecule has 0 fully saturated rings. The third kappa shape index (κ3) is 3.77. The molecule has 2 rings (SSSR count). The van der Waals surface area contributed by atoms with E-state index in [1.165, 1.54) is 23.2 Å². The molecule has 11 heteroatoms. The van der Waals surface area contributed by atoms with Gasteiger partial charge in [-0.2, -0.15) is 21.6 Å². The fraction of sp³-hybridized carbons (Fsp3) is 0.0909. The van der Waals surface area contributed by atoms with Crippen molar-refractivity contribution in [2.24, 2.45) is 0 Å². The van der Waals surface area contributed by atoms with Gasteiger partial charge in [0, 0.05) is 12.4 Å². The van der Waals surface area contributed by atoms with Crippen molar-refractivity contribution >= 4 is 27.3 Å². The van der Waals surface area contributed by atoms with Gasteiger partial charge in [-0.15, -0.1) is 0 Å². The first kappa shape index (κ1) is 16.3. The Bertz CT molecular complexity index is 769. The normalized spacial score (nSPS) is 12.0. The number of anilines is 1. The van der Waals surface area contributed by atoms with Gasteiger partial charge in [-0.25, -0.2) is 9.97 Å². The number of benzene rings is 1. The molecule has 1 aromatic carbocycles. The minimum atomic E-state index is -5.51. The molecule has 0 atom stereocenters. The lowest BCUT2D eigenvalue weighted by Gasteiger charge is -2.12. The number of nitrogens with zero attached hydrogens (tertiary/aromatic N) is 2. The summed E-state index contributed by atoms with van der Waals surface area (Å²) in [5.41, 5.74) is -5.78. The van der Waals surface area contributed by atoms with Crippen molar-refractivity contribution in [1.82, 2.24) is 9.97 Å². The van der Waals surface area contributed by atoms with Gasteiger partial charge in [0.1, 0.15) is 5.75 Å². The summed E-state index contributed by atoms with van der Waals surface area (Å²) in [6.45, 7) is 0. The Morgan fingerprint density at radius 3 is 2.36 bits per heavy atom. The number of hydrogen-bond acceptors (Lipinski definition) is 5. The van der Waals surface area contributed by atoms with Gasteiger partial charge in [-0.1, -0.05) is 11.6 Å². The second-order valence-electron chi connectivity index (χ2n) is 3.83. The first-order valence-corrected chi connectivity index (χ1v) is 7.39. The van der Waals surface area contributed by atoms with Gasteiger partial charge in [0.25, 0.3) is 0 Å². The quantitative estimate of drug-likeness (QED) is 0.913. The van der Waals surface area contributed by atoms with E-state index in [2.05, 4.69) is 9.97 Å². The monoisotopic (exact) mass is 353 g/mol. The highest BCUT2D eigenvalue weighted by atomic mass is 35.5. The predicted molar refractivity (Wildman–Crippen MR) is 72.2 cm³/mol. The zero-order valence-electron chi connectivity index (χ0n) is 10.5. The van der Waals surface area contributed by atoms with E-state index in [9.17, 15) is 21.6 Å². The van der Waals surface area contributed by atoms with Gasteiger partial charge in [0.15, 0.2) is 0 Å². The van der Waals surface area contributed by atoms with Crippen LogP contribution in [0.4, 0.5) is 18.9 Å². The topological polar surface area (TPSA) is 81.2 Å². The molecule has 0 spiro atoms. The van der Waals surface area contributed by atoms with Gasteiger partial charge in [-0.05, 0) is 24.3 Å². The molecule has 1 N–H and O–H groups in total. The van der Waals surface area contributed by atoms with Crippen molar-refractivity contribution in [2.75, 3.05) is 4.72 Å². The second-order valence-corrected chi connectivity index (χ2v) is 5.91. The highest BCUT2D eigenvalue weighted by molar-refractivity contribution is 7.93. The highest BCUT2D eigenvalue weighted by Gasteiger charge is 2.46. The Hall–Kier alpha value is -2.07. The molecule has 0 radical (unpaired) electrons. The Morgan fingerprint density at radius 2 is 1.82 bits per heavy atom. The lowest BCUT2D eigenvalue weighted by molar-refractivity contribution is -0.0429. The van der Waals surface area contributed by atoms with E-state index < -0.39 is 15.5 Å². The summed E-state index contributed by atoms with van der Waals surface area (Å²) in [6, 6.07) is 4.76. The maximum atomic E-state index is 12.3. The minimum absolute atomic E-state index is 0.0203. The first-order valence-electron chi connectivity index (χ1n) is 5.52. The van der Waals surface area contributed by atoms with Gasteiger partial charge in [0.2, 0.25) is 0 Å². The van der Waals surface area contributed by atoms with Crippen LogP contribution in [0.5, 0.6) is 11.8 Å². The zero-order valence-corrected chi connectivity index (χ0v) is 12.1. The summed E-state index contributed by atoms with van der Waals surface area (Å²) < 4.78 is 65.3. The van der Waals surface area contributed by atoms with Crippen molar-refractivity contribution in [3.05, 3.63) is 41.7 Å². The van der Waals surface area contributed by atoms with E-state index in [0.29, 0.717) is 0 Å². The van der Waals surface area contributed by atoms with Gasteiger partial charge in [0.05, 0.1) is 10.7 Å². The summed E-state index contributed by atoms with van der Waals surface area (Å²) in [4.78, 5) is 7.55. The third-order valence-corrected chi connectivity index (χ3v) is 3.64. The van der Waals surface area contributed by atoms with Crippen LogP contribution in [0.1, 0.15) is 0 Å². The number of ether oxygens (including phenoxy) is 1. The SMILES string of the molecule is O=S(=O)(Nc1ccc(Oc2ncccn2)c(Cl)c1)C(F)(F)F. The summed E-state index contributed by atoms with van der Waals surface area (Å²) in [7, 11) is -5.51. The van der Waals surface area contributed by atoms with Crippen molar-refractivity contribution in [1.29, 1.82) is 0 Å². The van der Waals surface area contributed by atoms with E-state index in [-0.39, 0.29) is 22.5 Å². The van der Waals surface area contributed by atoms with Crippen LogP contribution < -0.4 is 9.46 Å². The molecular weight excluding hydrogens is 347 g/mol. The lowest BCUT2D eigenvalue weighted by atomic mass is 10.3. The molecule has 0 aliphatic rings. The molecule has 6 nitrogen and oxygen atoms in total. The molecule has 22 heavy (non-hydrogen) atoms. The number of alkyl halides is 3. The molecule has 1 aromatic heterocycles. The summed E-state index contributed by atoms with van der Waals surface area (Å²) in [5.74, 6) is 0.0582. The molecule has 0 unspecified atom stereocenters. The van der Waals surface area contributed by atoms with Crippen LogP contribution in [0.2, 0.25) is 5.02 Å². The molecule has 0 aliphatic carbocycles. The third-order valence-electron chi connectivity index (χ3n) is 2.23. The second kappa shape index (κ2) is 5.97. The maximum absolute atomic E-state index is 12.3. The minimum Gasteiger partial charge on any atom is -0.423 e. The van der Waals surface area contributed by atoms with E-state index in [1.807, 2.05) is 0 Å². The Kier molecular flexibility index (Phi) is 4.42. The number of hydrogen-bond donors (Lipinski definition) is 1. The van der Waals surface area contributed by atoms with Gasteiger partial charge >= 0.3 is 21.5 Å². The van der Waals surface area contributed by atoms with Crippen molar-refractivity contribution in [2.45, 2.75) is 5.51 Å². The first-order chi connectivity index (χ1) is 10.2. The van der Waals surface area contributed by atoms with E-state index in [4.69, 9.17) is 16.3 Å². The van der Waals surface area contributed by atoms with E-state index in [1.54, 1.807) is 6.07 Å². The number of sulfonamides is 1. The molecule has 118 valence electrons. The number of aromatic nitrogens is 2. The largest absolute Gasteiger partial charge is 0.516 e. The molecular formula is C11H7ClF3N3O3S. The highest BCUT2D eigenvalue weighted by Crippen LogP contribution is 2.32.